The molecule has 33 heavy (non-hydrogen) atoms. The Labute approximate surface area is 204 Å². The van der Waals surface area contributed by atoms with Crippen LogP contribution in [0.15, 0.2) is 42.5 Å². The standard InChI is InChI=1S/C23H25F2N5O.2ClH/c1-30(2)21-17-5-3-4-6-20(17)28-23(29-21)27-16-10-8-15(9-11-16)26-22(31)14-7-12-18(24)19(25)13-14;;/h3-7,12-13,15-16H,8-11H2,1-2H3,(H,26,31)(H,27,28,29);2*1H. The van der Waals surface area contributed by atoms with Gasteiger partial charge in [-0.1, -0.05) is 12.1 Å². The molecule has 1 aromatic heterocycles. The lowest BCUT2D eigenvalue weighted by atomic mass is 9.91. The van der Waals surface area contributed by atoms with Gasteiger partial charge in [-0.3, -0.25) is 4.79 Å². The number of benzene rings is 2. The maximum absolute atomic E-state index is 13.4. The quantitative estimate of drug-likeness (QED) is 0.520. The molecule has 2 aromatic carbocycles. The maximum Gasteiger partial charge on any atom is 0.251 e. The maximum atomic E-state index is 13.4. The number of hydrogen-bond donors (Lipinski definition) is 2. The zero-order chi connectivity index (χ0) is 22.0. The predicted octanol–water partition coefficient (Wildman–Crippen LogP) is 4.97. The molecule has 1 heterocycles. The third-order valence-corrected chi connectivity index (χ3v) is 5.58. The van der Waals surface area contributed by atoms with Crippen LogP contribution >= 0.6 is 24.8 Å². The van der Waals surface area contributed by atoms with Gasteiger partial charge in [-0.25, -0.2) is 13.8 Å². The number of para-hydroxylation sites is 1. The number of carbonyl (C=O) groups excluding carboxylic acids is 1. The zero-order valence-electron chi connectivity index (χ0n) is 18.3. The van der Waals surface area contributed by atoms with Crippen LogP contribution in [0.25, 0.3) is 10.9 Å². The van der Waals surface area contributed by atoms with E-state index in [1.165, 1.54) is 6.07 Å². The number of aromatic nitrogens is 2. The summed E-state index contributed by atoms with van der Waals surface area (Å²) < 4.78 is 26.4. The first-order chi connectivity index (χ1) is 14.9. The monoisotopic (exact) mass is 497 g/mol. The molecule has 1 aliphatic rings. The highest BCUT2D eigenvalue weighted by Crippen LogP contribution is 2.26. The zero-order valence-corrected chi connectivity index (χ0v) is 20.0. The summed E-state index contributed by atoms with van der Waals surface area (Å²) in [5, 5.41) is 7.36. The third-order valence-electron chi connectivity index (χ3n) is 5.58. The van der Waals surface area contributed by atoms with Crippen LogP contribution in [0.3, 0.4) is 0 Å². The topological polar surface area (TPSA) is 70.2 Å². The van der Waals surface area contributed by atoms with E-state index in [9.17, 15) is 13.6 Å². The summed E-state index contributed by atoms with van der Waals surface area (Å²) in [5.74, 6) is -0.912. The molecule has 3 aromatic rings. The second kappa shape index (κ2) is 11.4. The van der Waals surface area contributed by atoms with Crippen LogP contribution in [0.4, 0.5) is 20.5 Å². The van der Waals surface area contributed by atoms with Crippen molar-refractivity contribution >= 4 is 53.4 Å². The molecule has 0 atom stereocenters. The van der Waals surface area contributed by atoms with E-state index in [1.54, 1.807) is 0 Å². The number of carbonyl (C=O) groups is 1. The van der Waals surface area contributed by atoms with Gasteiger partial charge in [-0.15, -0.1) is 24.8 Å². The van der Waals surface area contributed by atoms with Crippen LogP contribution < -0.4 is 15.5 Å². The minimum atomic E-state index is -1.02. The molecule has 2 N–H and O–H groups in total. The summed E-state index contributed by atoms with van der Waals surface area (Å²) >= 11 is 0. The Balaban J connectivity index is 0.00000193. The molecule has 0 radical (unpaired) electrons. The molecule has 0 bridgehead atoms. The summed E-state index contributed by atoms with van der Waals surface area (Å²) in [4.78, 5) is 23.6. The number of fused-ring (bicyclic) bond motifs is 1. The Kier molecular flexibility index (Phi) is 9.19. The molecule has 1 fully saturated rings. The van der Waals surface area contributed by atoms with E-state index in [0.717, 1.165) is 54.5 Å². The number of amides is 1. The highest BCUT2D eigenvalue weighted by Gasteiger charge is 2.24. The van der Waals surface area contributed by atoms with Gasteiger partial charge < -0.3 is 15.5 Å². The van der Waals surface area contributed by atoms with E-state index in [1.807, 2.05) is 43.3 Å². The Morgan fingerprint density at radius 3 is 2.27 bits per heavy atom. The number of hydrogen-bond acceptors (Lipinski definition) is 5. The van der Waals surface area contributed by atoms with Crippen molar-refractivity contribution in [2.45, 2.75) is 37.8 Å². The van der Waals surface area contributed by atoms with Gasteiger partial charge in [0.2, 0.25) is 5.95 Å². The highest BCUT2D eigenvalue weighted by molar-refractivity contribution is 5.94. The van der Waals surface area contributed by atoms with Gasteiger partial charge >= 0.3 is 0 Å². The second-order valence-corrected chi connectivity index (χ2v) is 8.08. The van der Waals surface area contributed by atoms with Crippen LogP contribution in [0.2, 0.25) is 0 Å². The van der Waals surface area contributed by atoms with Gasteiger partial charge in [0.25, 0.3) is 5.91 Å². The van der Waals surface area contributed by atoms with Crippen molar-refractivity contribution in [1.29, 1.82) is 0 Å². The SMILES string of the molecule is CN(C)c1nc(NC2CCC(NC(=O)c3ccc(F)c(F)c3)CC2)nc2ccccc12.Cl.Cl. The first-order valence-corrected chi connectivity index (χ1v) is 10.4. The van der Waals surface area contributed by atoms with Crippen LogP contribution in [0, 0.1) is 11.6 Å². The van der Waals surface area contributed by atoms with E-state index in [2.05, 4.69) is 20.6 Å². The minimum Gasteiger partial charge on any atom is -0.362 e. The largest absolute Gasteiger partial charge is 0.362 e. The molecule has 1 amide bonds. The van der Waals surface area contributed by atoms with E-state index in [-0.39, 0.29) is 48.4 Å². The first kappa shape index (κ1) is 26.5. The van der Waals surface area contributed by atoms with Crippen molar-refractivity contribution in [3.63, 3.8) is 0 Å². The van der Waals surface area contributed by atoms with E-state index >= 15 is 0 Å². The van der Waals surface area contributed by atoms with Crippen LogP contribution in [0.5, 0.6) is 0 Å². The van der Waals surface area contributed by atoms with Crippen LogP contribution in [-0.4, -0.2) is 42.1 Å². The van der Waals surface area contributed by atoms with Crippen molar-refractivity contribution in [2.24, 2.45) is 0 Å². The predicted molar refractivity (Wildman–Crippen MR) is 132 cm³/mol. The van der Waals surface area contributed by atoms with Crippen LogP contribution in [0.1, 0.15) is 36.0 Å². The van der Waals surface area contributed by atoms with Crippen molar-refractivity contribution in [2.75, 3.05) is 24.3 Å². The fourth-order valence-corrected chi connectivity index (χ4v) is 3.94. The van der Waals surface area contributed by atoms with Crippen LogP contribution in [-0.2, 0) is 0 Å². The Hall–Kier alpha value is -2.71. The Morgan fingerprint density at radius 2 is 1.61 bits per heavy atom. The fraction of sp³-hybridized carbons (Fsp3) is 0.348. The van der Waals surface area contributed by atoms with Crippen molar-refractivity contribution < 1.29 is 13.6 Å². The number of rotatable bonds is 5. The average molecular weight is 498 g/mol. The molecule has 1 saturated carbocycles. The highest BCUT2D eigenvalue weighted by atomic mass is 35.5. The molecule has 0 saturated heterocycles. The van der Waals surface area contributed by atoms with Crippen molar-refractivity contribution in [3.05, 3.63) is 59.7 Å². The van der Waals surface area contributed by atoms with Gasteiger partial charge in [0.05, 0.1) is 5.52 Å². The number of anilines is 2. The molecular weight excluding hydrogens is 471 g/mol. The third kappa shape index (κ3) is 6.21. The second-order valence-electron chi connectivity index (χ2n) is 8.08. The average Bonchev–Trinajstić information content (AvgIpc) is 2.76. The van der Waals surface area contributed by atoms with E-state index in [4.69, 9.17) is 0 Å². The molecule has 6 nitrogen and oxygen atoms in total. The van der Waals surface area contributed by atoms with Gasteiger partial charge in [0, 0.05) is 37.1 Å². The van der Waals surface area contributed by atoms with E-state index in [0.29, 0.717) is 5.95 Å². The molecule has 10 heteroatoms. The Bertz CT molecular complexity index is 1110. The molecule has 0 unspecified atom stereocenters. The first-order valence-electron chi connectivity index (χ1n) is 10.4. The van der Waals surface area contributed by atoms with Gasteiger partial charge in [0.15, 0.2) is 11.6 Å². The van der Waals surface area contributed by atoms with E-state index < -0.39 is 11.6 Å². The summed E-state index contributed by atoms with van der Waals surface area (Å²) in [6.45, 7) is 0. The molecule has 4 rings (SSSR count). The molecule has 1 aliphatic carbocycles. The lowest BCUT2D eigenvalue weighted by Gasteiger charge is -2.30. The summed E-state index contributed by atoms with van der Waals surface area (Å²) in [5.41, 5.74) is 1.01. The molecule has 0 aliphatic heterocycles. The lowest BCUT2D eigenvalue weighted by molar-refractivity contribution is 0.0926. The van der Waals surface area contributed by atoms with Gasteiger partial charge in [-0.05, 0) is 56.0 Å². The lowest BCUT2D eigenvalue weighted by Crippen LogP contribution is -2.40. The number of nitrogens with one attached hydrogen (secondary N) is 2. The number of nitrogens with zero attached hydrogens (tertiary/aromatic N) is 3. The van der Waals surface area contributed by atoms with Gasteiger partial charge in [-0.2, -0.15) is 4.98 Å². The van der Waals surface area contributed by atoms with Crippen molar-refractivity contribution in [3.8, 4) is 0 Å². The molecule has 0 spiro atoms. The normalized spacial score (nSPS) is 17.5. The van der Waals surface area contributed by atoms with Gasteiger partial charge in [0.1, 0.15) is 5.82 Å². The number of halogens is 4. The summed E-state index contributed by atoms with van der Waals surface area (Å²) in [6.07, 6.45) is 3.24. The molecule has 178 valence electrons. The fourth-order valence-electron chi connectivity index (χ4n) is 3.94. The summed E-state index contributed by atoms with van der Waals surface area (Å²) in [7, 11) is 3.92. The Morgan fingerprint density at radius 1 is 0.939 bits per heavy atom. The van der Waals surface area contributed by atoms with Crippen molar-refractivity contribution in [1.82, 2.24) is 15.3 Å². The molecular formula is C23H27Cl2F2N5O. The smallest absolute Gasteiger partial charge is 0.251 e. The minimum absolute atomic E-state index is 0. The summed E-state index contributed by atoms with van der Waals surface area (Å²) in [6, 6.07) is 11.3.